The van der Waals surface area contributed by atoms with Gasteiger partial charge in [-0.15, -0.1) is 0 Å². The molecule has 1 unspecified atom stereocenters. The van der Waals surface area contributed by atoms with E-state index in [1.54, 1.807) is 19.3 Å². The highest BCUT2D eigenvalue weighted by Gasteiger charge is 2.21. The standard InChI is InChI=1S/C18H21N5O2/c1-13-10-16(22-25-13)21-18(24)17(14-6-4-3-5-7-14)19-9-8-15-11-23(2)12-20-15/h3-7,10-12,17,19H,8-9H2,1-2H3,(H,21,22,24). The van der Waals surface area contributed by atoms with Crippen LogP contribution in [0.2, 0.25) is 0 Å². The Morgan fingerprint density at radius 3 is 2.76 bits per heavy atom. The van der Waals surface area contributed by atoms with Crippen LogP contribution in [0.25, 0.3) is 0 Å². The van der Waals surface area contributed by atoms with Gasteiger partial charge in [0.05, 0.1) is 12.0 Å². The number of hydrogen-bond donors (Lipinski definition) is 2. The maximum Gasteiger partial charge on any atom is 0.247 e. The van der Waals surface area contributed by atoms with Gasteiger partial charge in [0.15, 0.2) is 5.82 Å². The van der Waals surface area contributed by atoms with Gasteiger partial charge >= 0.3 is 0 Å². The highest BCUT2D eigenvalue weighted by molar-refractivity contribution is 5.94. The largest absolute Gasteiger partial charge is 0.360 e. The summed E-state index contributed by atoms with van der Waals surface area (Å²) in [6.07, 6.45) is 4.47. The van der Waals surface area contributed by atoms with Gasteiger partial charge in [-0.1, -0.05) is 35.5 Å². The number of amides is 1. The topological polar surface area (TPSA) is 85.0 Å². The van der Waals surface area contributed by atoms with Crippen molar-refractivity contribution in [3.05, 3.63) is 65.9 Å². The zero-order chi connectivity index (χ0) is 17.6. The highest BCUT2D eigenvalue weighted by atomic mass is 16.5. The second-order valence-electron chi connectivity index (χ2n) is 5.89. The number of carbonyl (C=O) groups is 1. The summed E-state index contributed by atoms with van der Waals surface area (Å²) < 4.78 is 6.90. The summed E-state index contributed by atoms with van der Waals surface area (Å²) in [5.74, 6) is 0.880. The van der Waals surface area contributed by atoms with E-state index in [1.807, 2.05) is 48.1 Å². The van der Waals surface area contributed by atoms with Gasteiger partial charge in [-0.25, -0.2) is 4.98 Å². The van der Waals surface area contributed by atoms with Gasteiger partial charge in [0.25, 0.3) is 0 Å². The first kappa shape index (κ1) is 16.9. The van der Waals surface area contributed by atoms with Gasteiger partial charge in [0, 0.05) is 32.3 Å². The third kappa shape index (κ3) is 4.54. The Morgan fingerprint density at radius 1 is 1.32 bits per heavy atom. The number of rotatable bonds is 7. The number of aromatic nitrogens is 3. The van der Waals surface area contributed by atoms with Crippen LogP contribution < -0.4 is 10.6 Å². The molecule has 0 spiro atoms. The van der Waals surface area contributed by atoms with Crippen molar-refractivity contribution < 1.29 is 9.32 Å². The smallest absolute Gasteiger partial charge is 0.247 e. The molecule has 0 aliphatic rings. The number of anilines is 1. The molecule has 2 N–H and O–H groups in total. The maximum atomic E-state index is 12.7. The van der Waals surface area contributed by atoms with Gasteiger partial charge in [0.2, 0.25) is 5.91 Å². The Kier molecular flexibility index (Phi) is 5.25. The second kappa shape index (κ2) is 7.76. The van der Waals surface area contributed by atoms with Crippen LogP contribution in [-0.4, -0.2) is 27.2 Å². The van der Waals surface area contributed by atoms with E-state index in [2.05, 4.69) is 20.8 Å². The van der Waals surface area contributed by atoms with Crippen LogP contribution in [0.3, 0.4) is 0 Å². The molecule has 1 amide bonds. The summed E-state index contributed by atoms with van der Waals surface area (Å²) in [4.78, 5) is 17.0. The molecule has 0 fully saturated rings. The van der Waals surface area contributed by atoms with E-state index in [4.69, 9.17) is 4.52 Å². The van der Waals surface area contributed by atoms with Crippen molar-refractivity contribution in [2.24, 2.45) is 7.05 Å². The third-order valence-electron chi connectivity index (χ3n) is 3.76. The van der Waals surface area contributed by atoms with Crippen molar-refractivity contribution >= 4 is 11.7 Å². The third-order valence-corrected chi connectivity index (χ3v) is 3.76. The molecule has 7 heteroatoms. The molecule has 0 saturated carbocycles. The van der Waals surface area contributed by atoms with Crippen LogP contribution >= 0.6 is 0 Å². The van der Waals surface area contributed by atoms with E-state index >= 15 is 0 Å². The predicted molar refractivity (Wildman–Crippen MR) is 94.0 cm³/mol. The Balaban J connectivity index is 1.67. The fourth-order valence-electron chi connectivity index (χ4n) is 2.57. The lowest BCUT2D eigenvalue weighted by atomic mass is 10.1. The molecule has 0 aliphatic carbocycles. The maximum absolute atomic E-state index is 12.7. The lowest BCUT2D eigenvalue weighted by Crippen LogP contribution is -2.34. The van der Waals surface area contributed by atoms with Crippen molar-refractivity contribution in [3.63, 3.8) is 0 Å². The van der Waals surface area contributed by atoms with Crippen LogP contribution in [-0.2, 0) is 18.3 Å². The minimum atomic E-state index is -0.484. The summed E-state index contributed by atoms with van der Waals surface area (Å²) in [5.41, 5.74) is 1.87. The average Bonchev–Trinajstić information content (AvgIpc) is 3.20. The van der Waals surface area contributed by atoms with Gasteiger partial charge in [-0.3, -0.25) is 4.79 Å². The van der Waals surface area contributed by atoms with Crippen molar-refractivity contribution in [3.8, 4) is 0 Å². The molecule has 3 aromatic rings. The number of nitrogens with zero attached hydrogens (tertiary/aromatic N) is 3. The Labute approximate surface area is 146 Å². The number of carbonyl (C=O) groups excluding carboxylic acids is 1. The Bertz CT molecular complexity index is 825. The zero-order valence-corrected chi connectivity index (χ0v) is 14.3. The van der Waals surface area contributed by atoms with Crippen LogP contribution in [0, 0.1) is 6.92 Å². The molecule has 0 radical (unpaired) electrons. The molecule has 7 nitrogen and oxygen atoms in total. The lowest BCUT2D eigenvalue weighted by Gasteiger charge is -2.18. The van der Waals surface area contributed by atoms with Crippen LogP contribution in [0.1, 0.15) is 23.1 Å². The monoisotopic (exact) mass is 339 g/mol. The average molecular weight is 339 g/mol. The Morgan fingerprint density at radius 2 is 2.12 bits per heavy atom. The zero-order valence-electron chi connectivity index (χ0n) is 14.3. The molecule has 1 aromatic carbocycles. The van der Waals surface area contributed by atoms with Crippen molar-refractivity contribution in [1.82, 2.24) is 20.0 Å². The molecule has 1 atom stereocenters. The van der Waals surface area contributed by atoms with Crippen molar-refractivity contribution in [2.45, 2.75) is 19.4 Å². The minimum Gasteiger partial charge on any atom is -0.360 e. The Hall–Kier alpha value is -2.93. The number of nitrogens with one attached hydrogen (secondary N) is 2. The predicted octanol–water partition coefficient (Wildman–Crippen LogP) is 2.23. The van der Waals surface area contributed by atoms with Crippen LogP contribution in [0.5, 0.6) is 0 Å². The summed E-state index contributed by atoms with van der Waals surface area (Å²) in [7, 11) is 1.93. The molecule has 0 aliphatic heterocycles. The first-order valence-corrected chi connectivity index (χ1v) is 8.11. The number of aryl methyl sites for hydroxylation is 2. The van der Waals surface area contributed by atoms with E-state index in [1.165, 1.54) is 0 Å². The van der Waals surface area contributed by atoms with E-state index in [0.717, 1.165) is 17.7 Å². The number of imidazole rings is 1. The summed E-state index contributed by atoms with van der Waals surface area (Å²) >= 11 is 0. The molecule has 0 bridgehead atoms. The lowest BCUT2D eigenvalue weighted by molar-refractivity contribution is -0.118. The first-order chi connectivity index (χ1) is 12.1. The van der Waals surface area contributed by atoms with Crippen molar-refractivity contribution in [1.29, 1.82) is 0 Å². The summed E-state index contributed by atoms with van der Waals surface area (Å²) in [5, 5.41) is 9.90. The minimum absolute atomic E-state index is 0.180. The van der Waals surface area contributed by atoms with E-state index in [9.17, 15) is 4.79 Å². The second-order valence-corrected chi connectivity index (χ2v) is 5.89. The normalized spacial score (nSPS) is 12.1. The fourth-order valence-corrected chi connectivity index (χ4v) is 2.57. The molecular formula is C18H21N5O2. The van der Waals surface area contributed by atoms with Gasteiger partial charge in [-0.2, -0.15) is 0 Å². The molecular weight excluding hydrogens is 318 g/mol. The van der Waals surface area contributed by atoms with E-state index in [0.29, 0.717) is 18.1 Å². The van der Waals surface area contributed by atoms with Gasteiger partial charge < -0.3 is 19.7 Å². The SMILES string of the molecule is Cc1cc(NC(=O)C(NCCc2cn(C)cn2)c2ccccc2)no1. The summed E-state index contributed by atoms with van der Waals surface area (Å²) in [6, 6.07) is 10.8. The van der Waals surface area contributed by atoms with Crippen molar-refractivity contribution in [2.75, 3.05) is 11.9 Å². The fraction of sp³-hybridized carbons (Fsp3) is 0.278. The van der Waals surface area contributed by atoms with Gasteiger partial charge in [-0.05, 0) is 12.5 Å². The van der Waals surface area contributed by atoms with Crippen LogP contribution in [0.15, 0.2) is 53.4 Å². The molecule has 0 saturated heterocycles. The number of benzene rings is 1. The molecule has 3 rings (SSSR count). The van der Waals surface area contributed by atoms with Crippen LogP contribution in [0.4, 0.5) is 5.82 Å². The molecule has 25 heavy (non-hydrogen) atoms. The quantitative estimate of drug-likeness (QED) is 0.689. The molecule has 130 valence electrons. The molecule has 2 aromatic heterocycles. The van der Waals surface area contributed by atoms with E-state index in [-0.39, 0.29) is 5.91 Å². The number of hydrogen-bond acceptors (Lipinski definition) is 5. The van der Waals surface area contributed by atoms with E-state index < -0.39 is 6.04 Å². The van der Waals surface area contributed by atoms with Gasteiger partial charge in [0.1, 0.15) is 11.8 Å². The highest BCUT2D eigenvalue weighted by Crippen LogP contribution is 2.16. The first-order valence-electron chi connectivity index (χ1n) is 8.11. The molecule has 2 heterocycles. The summed E-state index contributed by atoms with van der Waals surface area (Å²) in [6.45, 7) is 2.41.